The van der Waals surface area contributed by atoms with Crippen LogP contribution in [-0.2, 0) is 11.2 Å². The van der Waals surface area contributed by atoms with Crippen LogP contribution in [0.15, 0.2) is 66.7 Å². The molecule has 158 valence electrons. The number of hydrogen-bond donors (Lipinski definition) is 3. The van der Waals surface area contributed by atoms with E-state index in [2.05, 4.69) is 10.6 Å². The Balaban J connectivity index is 1.42. The summed E-state index contributed by atoms with van der Waals surface area (Å²) in [5, 5.41) is 15.4. The predicted molar refractivity (Wildman–Crippen MR) is 114 cm³/mol. The van der Waals surface area contributed by atoms with Gasteiger partial charge < -0.3 is 20.5 Å². The van der Waals surface area contributed by atoms with E-state index in [0.717, 1.165) is 11.1 Å². The summed E-state index contributed by atoms with van der Waals surface area (Å²) in [7, 11) is 0. The number of aromatic hydroxyl groups is 1. The fraction of sp³-hybridized carbons (Fsp3) is 0.167. The van der Waals surface area contributed by atoms with E-state index in [-0.39, 0.29) is 41.3 Å². The van der Waals surface area contributed by atoms with Crippen LogP contribution in [0.4, 0.5) is 10.1 Å². The highest BCUT2D eigenvalue weighted by Gasteiger charge is 2.27. The van der Waals surface area contributed by atoms with Crippen LogP contribution < -0.4 is 15.4 Å². The smallest absolute Gasteiger partial charge is 0.262 e. The summed E-state index contributed by atoms with van der Waals surface area (Å²) in [4.78, 5) is 25.0. The highest BCUT2D eigenvalue weighted by molar-refractivity contribution is 5.97. The Hall–Kier alpha value is -3.87. The molecule has 0 heterocycles. The van der Waals surface area contributed by atoms with Crippen molar-refractivity contribution in [2.75, 3.05) is 11.9 Å². The number of carbonyl (C=O) groups excluding carboxylic acids is 2. The van der Waals surface area contributed by atoms with E-state index in [9.17, 15) is 19.1 Å². The number of halogens is 1. The van der Waals surface area contributed by atoms with Crippen LogP contribution in [-0.4, -0.2) is 23.5 Å². The Bertz CT molecular complexity index is 1130. The maximum absolute atomic E-state index is 13.7. The Morgan fingerprint density at radius 3 is 2.65 bits per heavy atom. The van der Waals surface area contributed by atoms with Crippen molar-refractivity contribution in [3.05, 3.63) is 89.2 Å². The normalized spacial score (nSPS) is 14.5. The summed E-state index contributed by atoms with van der Waals surface area (Å²) in [5.41, 5.74) is 2.10. The SMILES string of the molecule is O=C(COc1ccccc1C(=O)NC1CCc2c(O)cccc21)Nc1ccccc1F. The first-order valence-corrected chi connectivity index (χ1v) is 9.91. The Morgan fingerprint density at radius 2 is 1.81 bits per heavy atom. The van der Waals surface area contributed by atoms with Gasteiger partial charge in [0.2, 0.25) is 0 Å². The van der Waals surface area contributed by atoms with Gasteiger partial charge in [-0.05, 0) is 54.3 Å². The van der Waals surface area contributed by atoms with Gasteiger partial charge in [0.05, 0.1) is 17.3 Å². The van der Waals surface area contributed by atoms with E-state index in [1.807, 2.05) is 6.07 Å². The van der Waals surface area contributed by atoms with Gasteiger partial charge >= 0.3 is 0 Å². The summed E-state index contributed by atoms with van der Waals surface area (Å²) in [6, 6.07) is 17.5. The van der Waals surface area contributed by atoms with E-state index in [1.165, 1.54) is 18.2 Å². The summed E-state index contributed by atoms with van der Waals surface area (Å²) in [5.74, 6) is -0.943. The molecule has 6 nitrogen and oxygen atoms in total. The first kappa shape index (κ1) is 20.4. The van der Waals surface area contributed by atoms with Crippen LogP contribution in [0.3, 0.4) is 0 Å². The number of nitrogens with one attached hydrogen (secondary N) is 2. The van der Waals surface area contributed by atoms with Crippen LogP contribution in [0.5, 0.6) is 11.5 Å². The first-order valence-electron chi connectivity index (χ1n) is 9.91. The van der Waals surface area contributed by atoms with Crippen molar-refractivity contribution in [3.8, 4) is 11.5 Å². The molecule has 0 aromatic heterocycles. The zero-order valence-corrected chi connectivity index (χ0v) is 16.6. The van der Waals surface area contributed by atoms with Gasteiger partial charge in [0.15, 0.2) is 6.61 Å². The molecule has 0 saturated heterocycles. The van der Waals surface area contributed by atoms with E-state index < -0.39 is 11.7 Å². The zero-order valence-electron chi connectivity index (χ0n) is 16.6. The van der Waals surface area contributed by atoms with Crippen LogP contribution in [0, 0.1) is 5.82 Å². The second-order valence-corrected chi connectivity index (χ2v) is 7.22. The average Bonchev–Trinajstić information content (AvgIpc) is 3.18. The molecule has 0 saturated carbocycles. The number of rotatable bonds is 6. The van der Waals surface area contributed by atoms with Crippen molar-refractivity contribution >= 4 is 17.5 Å². The molecule has 3 aromatic carbocycles. The molecular weight excluding hydrogens is 399 g/mol. The number of para-hydroxylation sites is 2. The quantitative estimate of drug-likeness (QED) is 0.563. The topological polar surface area (TPSA) is 87.7 Å². The molecule has 0 fully saturated rings. The highest BCUT2D eigenvalue weighted by atomic mass is 19.1. The van der Waals surface area contributed by atoms with E-state index >= 15 is 0 Å². The molecule has 3 aromatic rings. The van der Waals surface area contributed by atoms with E-state index in [4.69, 9.17) is 4.74 Å². The molecule has 2 amide bonds. The van der Waals surface area contributed by atoms with Gasteiger partial charge in [-0.25, -0.2) is 4.39 Å². The third-order valence-corrected chi connectivity index (χ3v) is 5.19. The monoisotopic (exact) mass is 420 g/mol. The maximum Gasteiger partial charge on any atom is 0.262 e. The number of anilines is 1. The van der Waals surface area contributed by atoms with Crippen molar-refractivity contribution < 1.29 is 23.8 Å². The fourth-order valence-corrected chi connectivity index (χ4v) is 3.69. The summed E-state index contributed by atoms with van der Waals surface area (Å²) in [6.07, 6.45) is 1.37. The first-order chi connectivity index (χ1) is 15.0. The zero-order chi connectivity index (χ0) is 21.8. The summed E-state index contributed by atoms with van der Waals surface area (Å²) in [6.45, 7) is -0.376. The van der Waals surface area contributed by atoms with Gasteiger partial charge in [-0.2, -0.15) is 0 Å². The molecule has 0 bridgehead atoms. The molecule has 1 aliphatic rings. The second kappa shape index (κ2) is 8.87. The van der Waals surface area contributed by atoms with Gasteiger partial charge in [0.1, 0.15) is 17.3 Å². The van der Waals surface area contributed by atoms with Crippen molar-refractivity contribution in [2.24, 2.45) is 0 Å². The lowest BCUT2D eigenvalue weighted by atomic mass is 10.1. The number of phenolic OH excluding ortho intramolecular Hbond substituents is 1. The van der Waals surface area contributed by atoms with Crippen molar-refractivity contribution in [1.82, 2.24) is 5.32 Å². The number of amides is 2. The Labute approximate surface area is 178 Å². The minimum atomic E-state index is -0.543. The molecule has 31 heavy (non-hydrogen) atoms. The fourth-order valence-electron chi connectivity index (χ4n) is 3.69. The van der Waals surface area contributed by atoms with Crippen molar-refractivity contribution in [1.29, 1.82) is 0 Å². The molecular formula is C24H21FN2O4. The Kier molecular flexibility index (Phi) is 5.84. The predicted octanol–water partition coefficient (Wildman–Crippen LogP) is 3.97. The number of phenols is 1. The largest absolute Gasteiger partial charge is 0.508 e. The number of fused-ring (bicyclic) bond motifs is 1. The van der Waals surface area contributed by atoms with Crippen LogP contribution in [0.2, 0.25) is 0 Å². The van der Waals surface area contributed by atoms with E-state index in [1.54, 1.807) is 42.5 Å². The number of benzene rings is 3. The molecule has 0 radical (unpaired) electrons. The van der Waals surface area contributed by atoms with Crippen molar-refractivity contribution in [2.45, 2.75) is 18.9 Å². The van der Waals surface area contributed by atoms with Gasteiger partial charge in [-0.1, -0.05) is 36.4 Å². The lowest BCUT2D eigenvalue weighted by Crippen LogP contribution is -2.28. The second-order valence-electron chi connectivity index (χ2n) is 7.22. The minimum Gasteiger partial charge on any atom is -0.508 e. The summed E-state index contributed by atoms with van der Waals surface area (Å²) >= 11 is 0. The van der Waals surface area contributed by atoms with Gasteiger partial charge in [-0.15, -0.1) is 0 Å². The Morgan fingerprint density at radius 1 is 1.03 bits per heavy atom. The molecule has 1 atom stereocenters. The van der Waals surface area contributed by atoms with E-state index in [0.29, 0.717) is 12.8 Å². The molecule has 7 heteroatoms. The lowest BCUT2D eigenvalue weighted by molar-refractivity contribution is -0.118. The number of hydrogen-bond acceptors (Lipinski definition) is 4. The van der Waals surface area contributed by atoms with Crippen LogP contribution in [0.25, 0.3) is 0 Å². The molecule has 3 N–H and O–H groups in total. The average molecular weight is 420 g/mol. The molecule has 1 unspecified atom stereocenters. The third kappa shape index (κ3) is 4.50. The van der Waals surface area contributed by atoms with Crippen LogP contribution in [0.1, 0.15) is 33.9 Å². The van der Waals surface area contributed by atoms with Crippen molar-refractivity contribution in [3.63, 3.8) is 0 Å². The van der Waals surface area contributed by atoms with Gasteiger partial charge in [0.25, 0.3) is 11.8 Å². The molecule has 0 aliphatic heterocycles. The minimum absolute atomic E-state index is 0.0604. The third-order valence-electron chi connectivity index (χ3n) is 5.19. The highest BCUT2D eigenvalue weighted by Crippen LogP contribution is 2.36. The maximum atomic E-state index is 13.7. The lowest BCUT2D eigenvalue weighted by Gasteiger charge is -2.16. The standard InChI is InChI=1S/C24H21FN2O4/c25-18-8-2-3-9-20(18)26-23(29)14-31-22-11-4-1-6-17(22)24(30)27-19-13-12-16-15(19)7-5-10-21(16)28/h1-11,19,28H,12-14H2,(H,26,29)(H,27,30). The van der Waals surface area contributed by atoms with Gasteiger partial charge in [0, 0.05) is 0 Å². The molecule has 4 rings (SSSR count). The number of ether oxygens (including phenoxy) is 1. The van der Waals surface area contributed by atoms with Crippen LogP contribution >= 0.6 is 0 Å². The summed E-state index contributed by atoms with van der Waals surface area (Å²) < 4.78 is 19.2. The number of carbonyl (C=O) groups is 2. The molecule has 0 spiro atoms. The van der Waals surface area contributed by atoms with Gasteiger partial charge in [-0.3, -0.25) is 9.59 Å². The molecule has 1 aliphatic carbocycles.